The normalized spacial score (nSPS) is 29.7. The highest BCUT2D eigenvalue weighted by Crippen LogP contribution is 2.38. The predicted octanol–water partition coefficient (Wildman–Crippen LogP) is 2.76. The molecular formula is C16H27NO3. The van der Waals surface area contributed by atoms with Crippen molar-refractivity contribution in [3.63, 3.8) is 0 Å². The molecule has 1 amide bonds. The van der Waals surface area contributed by atoms with Gasteiger partial charge in [-0.1, -0.05) is 13.3 Å². The van der Waals surface area contributed by atoms with Gasteiger partial charge in [0.1, 0.15) is 0 Å². The third-order valence-corrected chi connectivity index (χ3v) is 4.95. The van der Waals surface area contributed by atoms with Gasteiger partial charge in [0, 0.05) is 25.4 Å². The van der Waals surface area contributed by atoms with Crippen LogP contribution in [-0.2, 0) is 14.3 Å². The summed E-state index contributed by atoms with van der Waals surface area (Å²) in [5, 5.41) is 0. The van der Waals surface area contributed by atoms with Gasteiger partial charge < -0.3 is 9.64 Å². The Kier molecular flexibility index (Phi) is 5.44. The lowest BCUT2D eigenvalue weighted by Crippen LogP contribution is -2.53. The molecule has 0 spiro atoms. The van der Waals surface area contributed by atoms with Crippen LogP contribution in [0.1, 0.15) is 58.3 Å². The monoisotopic (exact) mass is 281 g/mol. The Morgan fingerprint density at radius 1 is 1.15 bits per heavy atom. The van der Waals surface area contributed by atoms with Crippen LogP contribution >= 0.6 is 0 Å². The van der Waals surface area contributed by atoms with E-state index in [4.69, 9.17) is 0 Å². The van der Waals surface area contributed by atoms with Gasteiger partial charge in [0.2, 0.25) is 5.91 Å². The Morgan fingerprint density at radius 3 is 2.65 bits per heavy atom. The number of esters is 1. The quantitative estimate of drug-likeness (QED) is 0.744. The zero-order valence-electron chi connectivity index (χ0n) is 12.8. The van der Waals surface area contributed by atoms with Crippen molar-refractivity contribution in [3.8, 4) is 0 Å². The third kappa shape index (κ3) is 3.53. The lowest BCUT2D eigenvalue weighted by molar-refractivity contribution is -0.141. The number of fused-ring (bicyclic) bond motifs is 1. The van der Waals surface area contributed by atoms with Crippen LogP contribution in [0.5, 0.6) is 0 Å². The van der Waals surface area contributed by atoms with Crippen molar-refractivity contribution in [2.24, 2.45) is 11.8 Å². The fraction of sp³-hybridized carbons (Fsp3) is 0.875. The minimum Gasteiger partial charge on any atom is -0.469 e. The standard InChI is InChI=1S/C16H27NO3/c1-12-6-3-7-13-8-5-11-17(16(12)13)14(18)9-4-10-15(19)20-2/h12-13,16H,3-11H2,1-2H3. The smallest absolute Gasteiger partial charge is 0.305 e. The topological polar surface area (TPSA) is 46.6 Å². The fourth-order valence-electron chi connectivity index (χ4n) is 3.98. The summed E-state index contributed by atoms with van der Waals surface area (Å²) in [7, 11) is 1.39. The van der Waals surface area contributed by atoms with Gasteiger partial charge in [-0.05, 0) is 43.9 Å². The van der Waals surface area contributed by atoms with Crippen LogP contribution in [0.15, 0.2) is 0 Å². The highest BCUT2D eigenvalue weighted by Gasteiger charge is 2.39. The van der Waals surface area contributed by atoms with Gasteiger partial charge in [0.05, 0.1) is 7.11 Å². The molecule has 1 aliphatic heterocycles. The van der Waals surface area contributed by atoms with Crippen molar-refractivity contribution in [2.75, 3.05) is 13.7 Å². The Morgan fingerprint density at radius 2 is 1.90 bits per heavy atom. The first-order valence-corrected chi connectivity index (χ1v) is 7.99. The number of ether oxygens (including phenoxy) is 1. The maximum absolute atomic E-state index is 12.4. The molecule has 1 saturated carbocycles. The minimum absolute atomic E-state index is 0.222. The third-order valence-electron chi connectivity index (χ3n) is 4.95. The first-order valence-electron chi connectivity index (χ1n) is 7.99. The van der Waals surface area contributed by atoms with Crippen molar-refractivity contribution in [2.45, 2.75) is 64.3 Å². The Bertz CT molecular complexity index is 354. The minimum atomic E-state index is -0.222. The second-order valence-electron chi connectivity index (χ2n) is 6.32. The number of carbonyl (C=O) groups excluding carboxylic acids is 2. The molecular weight excluding hydrogens is 254 g/mol. The van der Waals surface area contributed by atoms with E-state index in [0.717, 1.165) is 13.0 Å². The molecule has 4 heteroatoms. The Labute approximate surface area is 121 Å². The SMILES string of the molecule is COC(=O)CCCC(=O)N1CCCC2CCCC(C)C21. The van der Waals surface area contributed by atoms with Gasteiger partial charge in [-0.2, -0.15) is 0 Å². The first kappa shape index (κ1) is 15.3. The van der Waals surface area contributed by atoms with Crippen molar-refractivity contribution in [1.82, 2.24) is 4.90 Å². The van der Waals surface area contributed by atoms with E-state index in [1.54, 1.807) is 0 Å². The van der Waals surface area contributed by atoms with Crippen LogP contribution in [0.3, 0.4) is 0 Å². The second kappa shape index (κ2) is 7.09. The maximum atomic E-state index is 12.4. The molecule has 0 bridgehead atoms. The van der Waals surface area contributed by atoms with E-state index in [1.807, 2.05) is 0 Å². The van der Waals surface area contributed by atoms with E-state index >= 15 is 0 Å². The molecule has 3 atom stereocenters. The van der Waals surface area contributed by atoms with Gasteiger partial charge >= 0.3 is 5.97 Å². The van der Waals surface area contributed by atoms with E-state index in [0.29, 0.717) is 37.1 Å². The molecule has 1 heterocycles. The molecule has 2 rings (SSSR count). The fourth-order valence-corrected chi connectivity index (χ4v) is 3.98. The number of nitrogens with zero attached hydrogens (tertiary/aromatic N) is 1. The number of hydrogen-bond acceptors (Lipinski definition) is 3. The van der Waals surface area contributed by atoms with Crippen molar-refractivity contribution < 1.29 is 14.3 Å². The van der Waals surface area contributed by atoms with Crippen LogP contribution in [0, 0.1) is 11.8 Å². The zero-order chi connectivity index (χ0) is 14.5. The number of piperidine rings is 1. The van der Waals surface area contributed by atoms with E-state index in [9.17, 15) is 9.59 Å². The molecule has 0 aromatic rings. The number of carbonyl (C=O) groups is 2. The first-order chi connectivity index (χ1) is 9.63. The van der Waals surface area contributed by atoms with E-state index < -0.39 is 0 Å². The Hall–Kier alpha value is -1.06. The van der Waals surface area contributed by atoms with E-state index in [-0.39, 0.29) is 11.9 Å². The number of hydrogen-bond donors (Lipinski definition) is 0. The van der Waals surface area contributed by atoms with Gasteiger partial charge in [-0.3, -0.25) is 9.59 Å². The van der Waals surface area contributed by atoms with Crippen LogP contribution in [0.2, 0.25) is 0 Å². The van der Waals surface area contributed by atoms with Gasteiger partial charge in [-0.25, -0.2) is 0 Å². The summed E-state index contributed by atoms with van der Waals surface area (Å²) in [5.74, 6) is 1.34. The van der Waals surface area contributed by atoms with Gasteiger partial charge in [-0.15, -0.1) is 0 Å². The maximum Gasteiger partial charge on any atom is 0.305 e. The van der Waals surface area contributed by atoms with Crippen LogP contribution < -0.4 is 0 Å². The number of rotatable bonds is 4. The molecule has 0 aromatic heterocycles. The predicted molar refractivity (Wildman–Crippen MR) is 77.1 cm³/mol. The van der Waals surface area contributed by atoms with Crippen LogP contribution in [0.4, 0.5) is 0 Å². The molecule has 4 nitrogen and oxygen atoms in total. The van der Waals surface area contributed by atoms with Crippen molar-refractivity contribution in [1.29, 1.82) is 0 Å². The summed E-state index contributed by atoms with van der Waals surface area (Å²) in [5.41, 5.74) is 0. The number of likely N-dealkylation sites (tertiary alicyclic amines) is 1. The summed E-state index contributed by atoms with van der Waals surface area (Å²) >= 11 is 0. The molecule has 0 radical (unpaired) electrons. The zero-order valence-corrected chi connectivity index (χ0v) is 12.8. The molecule has 2 aliphatic rings. The summed E-state index contributed by atoms with van der Waals surface area (Å²) in [4.78, 5) is 25.7. The number of amides is 1. The van der Waals surface area contributed by atoms with Gasteiger partial charge in [0.25, 0.3) is 0 Å². The Balaban J connectivity index is 1.88. The lowest BCUT2D eigenvalue weighted by Gasteiger charge is -2.47. The van der Waals surface area contributed by atoms with E-state index in [2.05, 4.69) is 16.6 Å². The summed E-state index contributed by atoms with van der Waals surface area (Å²) < 4.78 is 4.62. The second-order valence-corrected chi connectivity index (χ2v) is 6.32. The average Bonchev–Trinajstić information content (AvgIpc) is 2.46. The molecule has 0 N–H and O–H groups in total. The van der Waals surface area contributed by atoms with Crippen molar-refractivity contribution >= 4 is 11.9 Å². The molecule has 2 fully saturated rings. The molecule has 3 unspecified atom stereocenters. The van der Waals surface area contributed by atoms with Crippen LogP contribution in [0.25, 0.3) is 0 Å². The van der Waals surface area contributed by atoms with Gasteiger partial charge in [0.15, 0.2) is 0 Å². The largest absolute Gasteiger partial charge is 0.469 e. The average molecular weight is 281 g/mol. The van der Waals surface area contributed by atoms with E-state index in [1.165, 1.54) is 32.8 Å². The summed E-state index contributed by atoms with van der Waals surface area (Å²) in [6, 6.07) is 0.447. The molecule has 1 aliphatic carbocycles. The molecule has 114 valence electrons. The summed E-state index contributed by atoms with van der Waals surface area (Å²) in [6.45, 7) is 3.19. The highest BCUT2D eigenvalue weighted by molar-refractivity contribution is 5.77. The lowest BCUT2D eigenvalue weighted by atomic mass is 9.73. The van der Waals surface area contributed by atoms with Crippen molar-refractivity contribution in [3.05, 3.63) is 0 Å². The molecule has 20 heavy (non-hydrogen) atoms. The molecule has 1 saturated heterocycles. The van der Waals surface area contributed by atoms with Crippen LogP contribution in [-0.4, -0.2) is 36.5 Å². The molecule has 0 aromatic carbocycles. The summed E-state index contributed by atoms with van der Waals surface area (Å²) in [6.07, 6.45) is 7.68. The number of methoxy groups -OCH3 is 1. The highest BCUT2D eigenvalue weighted by atomic mass is 16.5.